The average molecular weight is 570 g/mol. The number of carbonyl (C=O) groups is 1. The van der Waals surface area contributed by atoms with Crippen molar-refractivity contribution in [1.82, 2.24) is 24.6 Å². The van der Waals surface area contributed by atoms with E-state index < -0.39 is 51.1 Å². The highest BCUT2D eigenvalue weighted by Gasteiger charge is 2.38. The maximum Gasteiger partial charge on any atom is 0.522 e. The number of carbonyl (C=O) groups excluding carboxylic acids is 1. The molecule has 0 aliphatic rings. The predicted octanol–water partition coefficient (Wildman–Crippen LogP) is 3.10. The maximum absolute atomic E-state index is 13.9. The Morgan fingerprint density at radius 3 is 2.59 bits per heavy atom. The van der Waals surface area contributed by atoms with E-state index >= 15 is 0 Å². The van der Waals surface area contributed by atoms with Gasteiger partial charge in [-0.25, -0.2) is 20.0 Å². The third kappa shape index (κ3) is 8.93. The molecule has 3 atom stereocenters. The maximum atomic E-state index is 13.9. The zero-order valence-corrected chi connectivity index (χ0v) is 21.8. The minimum absolute atomic E-state index is 0.00913. The Balaban J connectivity index is 1.82. The van der Waals surface area contributed by atoms with Crippen molar-refractivity contribution in [2.24, 2.45) is 0 Å². The lowest BCUT2D eigenvalue weighted by molar-refractivity contribution is -0.325. The van der Waals surface area contributed by atoms with Gasteiger partial charge in [-0.15, -0.1) is 19.6 Å². The van der Waals surface area contributed by atoms with Gasteiger partial charge in [-0.1, -0.05) is 24.1 Å². The number of terminal acetylenes is 1. The molecule has 0 bridgehead atoms. The van der Waals surface area contributed by atoms with Gasteiger partial charge in [0.15, 0.2) is 11.5 Å². The van der Waals surface area contributed by atoms with Gasteiger partial charge < -0.3 is 24.3 Å². The first-order chi connectivity index (χ1) is 18.4. The van der Waals surface area contributed by atoms with Gasteiger partial charge in [-0.05, 0) is 26.0 Å². The number of hydrogen-bond acceptors (Lipinski definition) is 10. The summed E-state index contributed by atoms with van der Waals surface area (Å²) in [4.78, 5) is 24.6. The summed E-state index contributed by atoms with van der Waals surface area (Å²) < 4.78 is 73.8. The number of nitrogens with zero attached hydrogens (tertiary/aromatic N) is 4. The number of para-hydroxylation sites is 1. The molecule has 0 spiro atoms. The van der Waals surface area contributed by atoms with Crippen LogP contribution in [0.3, 0.4) is 0 Å². The summed E-state index contributed by atoms with van der Waals surface area (Å²) in [6.07, 6.45) is 0.762. The van der Waals surface area contributed by atoms with Crippen molar-refractivity contribution in [1.29, 1.82) is 0 Å². The molecule has 2 aromatic heterocycles. The second-order valence-corrected chi connectivity index (χ2v) is 10.3. The zero-order valence-electron chi connectivity index (χ0n) is 20.9. The molecule has 0 fully saturated rings. The van der Waals surface area contributed by atoms with Crippen molar-refractivity contribution in [3.8, 4) is 18.1 Å². The second kappa shape index (κ2) is 12.9. The third-order valence-electron chi connectivity index (χ3n) is 4.82. The number of nitrogens with two attached hydrogens (primary N) is 1. The summed E-state index contributed by atoms with van der Waals surface area (Å²) in [6.45, 7) is 1.75. The van der Waals surface area contributed by atoms with Crippen LogP contribution in [0.1, 0.15) is 13.8 Å². The van der Waals surface area contributed by atoms with Crippen LogP contribution in [0.25, 0.3) is 11.2 Å². The first kappa shape index (κ1) is 29.9. The molecule has 0 radical (unpaired) electrons. The molecule has 0 saturated carbocycles. The second-order valence-electron chi connectivity index (χ2n) is 8.28. The number of esters is 1. The molecule has 0 amide bonds. The molecule has 3 aromatic rings. The van der Waals surface area contributed by atoms with Crippen LogP contribution in [0, 0.1) is 12.3 Å². The van der Waals surface area contributed by atoms with Crippen molar-refractivity contribution in [3.05, 3.63) is 43.0 Å². The van der Waals surface area contributed by atoms with Gasteiger partial charge in [-0.2, -0.15) is 0 Å². The first-order valence-electron chi connectivity index (χ1n) is 11.4. The first-order valence-corrected chi connectivity index (χ1v) is 13.2. The highest BCUT2D eigenvalue weighted by atomic mass is 31.2. The van der Waals surface area contributed by atoms with Gasteiger partial charge in [0.25, 0.3) is 0 Å². The molecule has 12 nitrogen and oxygen atoms in total. The van der Waals surface area contributed by atoms with Gasteiger partial charge >= 0.3 is 19.9 Å². The molecule has 3 N–H and O–H groups in total. The zero-order chi connectivity index (χ0) is 28.6. The fraction of sp³-hybridized carbons (Fsp3) is 0.391. The van der Waals surface area contributed by atoms with Crippen molar-refractivity contribution in [2.45, 2.75) is 45.0 Å². The molecule has 210 valence electrons. The van der Waals surface area contributed by atoms with Crippen LogP contribution in [0.2, 0.25) is 0 Å². The van der Waals surface area contributed by atoms with Gasteiger partial charge in [0.2, 0.25) is 0 Å². The minimum atomic E-state index is -5.06. The number of imidazole rings is 1. The van der Waals surface area contributed by atoms with Crippen LogP contribution < -0.4 is 15.3 Å². The number of ether oxygens (including phenoxy) is 3. The standard InChI is InChI=1S/C23H26F3N6O6P/c1-4-16(10-32-13-30-19-20(27)28-12-29-21(19)32)35-14-39(34,38-17-8-6-5-7-9-17)31-18(11-36-23(24,25)26)22(33)37-15(2)3/h1,5-9,12-13,15-16,18H,10-11,14H2,2-3H3,(H,31,34)(H2,27,28,29)/t16-,18+,39?/m1/s1. The summed E-state index contributed by atoms with van der Waals surface area (Å²) >= 11 is 0. The largest absolute Gasteiger partial charge is 0.522 e. The predicted molar refractivity (Wildman–Crippen MR) is 133 cm³/mol. The Morgan fingerprint density at radius 2 is 1.95 bits per heavy atom. The molecular formula is C23H26F3N6O6P. The fourth-order valence-corrected chi connectivity index (χ4v) is 4.86. The highest BCUT2D eigenvalue weighted by Crippen LogP contribution is 2.44. The molecule has 0 saturated heterocycles. The van der Waals surface area contributed by atoms with E-state index in [-0.39, 0.29) is 18.1 Å². The Hall–Kier alpha value is -3.70. The Morgan fingerprint density at radius 1 is 1.23 bits per heavy atom. The van der Waals surface area contributed by atoms with Crippen LogP contribution in [0.15, 0.2) is 43.0 Å². The normalized spacial score (nSPS) is 14.9. The molecule has 39 heavy (non-hydrogen) atoms. The SMILES string of the molecule is C#C[C@H](Cn1cnc2c(N)ncnc21)OCP(=O)(N[C@@H](COC(F)(F)F)C(=O)OC(C)C)Oc1ccccc1. The van der Waals surface area contributed by atoms with E-state index in [1.807, 2.05) is 0 Å². The van der Waals surface area contributed by atoms with Crippen molar-refractivity contribution in [2.75, 3.05) is 18.7 Å². The number of nitrogen functional groups attached to an aromatic ring is 1. The molecule has 3 rings (SSSR count). The van der Waals surface area contributed by atoms with Crippen LogP contribution in [0.4, 0.5) is 19.0 Å². The van der Waals surface area contributed by atoms with E-state index in [1.54, 1.807) is 18.2 Å². The van der Waals surface area contributed by atoms with E-state index in [4.69, 9.17) is 26.2 Å². The van der Waals surface area contributed by atoms with Gasteiger partial charge in [0.05, 0.1) is 25.6 Å². The Bertz CT molecular complexity index is 1350. The molecule has 0 aliphatic carbocycles. The Kier molecular flexibility index (Phi) is 9.87. The number of fused-ring (bicyclic) bond motifs is 1. The number of alkyl halides is 3. The van der Waals surface area contributed by atoms with E-state index in [0.717, 1.165) is 0 Å². The van der Waals surface area contributed by atoms with Gasteiger partial charge in [-0.3, -0.25) is 14.1 Å². The van der Waals surface area contributed by atoms with E-state index in [9.17, 15) is 22.5 Å². The topological polar surface area (TPSA) is 153 Å². The quantitative estimate of drug-likeness (QED) is 0.177. The number of benzene rings is 1. The lowest BCUT2D eigenvalue weighted by Gasteiger charge is -2.27. The average Bonchev–Trinajstić information content (AvgIpc) is 3.28. The summed E-state index contributed by atoms with van der Waals surface area (Å²) in [7, 11) is -4.28. The lowest BCUT2D eigenvalue weighted by Crippen LogP contribution is -2.43. The van der Waals surface area contributed by atoms with Crippen molar-refractivity contribution < 1.29 is 41.3 Å². The van der Waals surface area contributed by atoms with E-state index in [2.05, 4.69) is 30.7 Å². The van der Waals surface area contributed by atoms with Crippen LogP contribution in [-0.4, -0.2) is 63.1 Å². The number of aromatic nitrogens is 4. The van der Waals surface area contributed by atoms with E-state index in [0.29, 0.717) is 11.2 Å². The molecule has 16 heteroatoms. The smallest absolute Gasteiger partial charge is 0.462 e. The summed E-state index contributed by atoms with van der Waals surface area (Å²) in [5.74, 6) is 1.50. The van der Waals surface area contributed by atoms with Crippen LogP contribution in [-0.2, 0) is 30.1 Å². The van der Waals surface area contributed by atoms with Crippen LogP contribution in [0.5, 0.6) is 5.75 Å². The number of nitrogens with one attached hydrogen (secondary N) is 1. The molecule has 1 aromatic carbocycles. The summed E-state index contributed by atoms with van der Waals surface area (Å²) in [6, 6.07) is 5.93. The Labute approximate surface area is 221 Å². The van der Waals surface area contributed by atoms with Crippen molar-refractivity contribution >= 4 is 30.5 Å². The monoisotopic (exact) mass is 570 g/mol. The van der Waals surface area contributed by atoms with E-state index in [1.165, 1.54) is 43.2 Å². The van der Waals surface area contributed by atoms with Crippen molar-refractivity contribution in [3.63, 3.8) is 0 Å². The van der Waals surface area contributed by atoms with Crippen LogP contribution >= 0.6 is 7.52 Å². The molecular weight excluding hydrogens is 544 g/mol. The molecule has 1 unspecified atom stereocenters. The van der Waals surface area contributed by atoms with Gasteiger partial charge in [0, 0.05) is 0 Å². The molecule has 0 aliphatic heterocycles. The number of anilines is 1. The van der Waals surface area contributed by atoms with Gasteiger partial charge in [0.1, 0.15) is 36.1 Å². The number of rotatable bonds is 13. The third-order valence-corrected chi connectivity index (χ3v) is 6.52. The highest BCUT2D eigenvalue weighted by molar-refractivity contribution is 7.57. The summed E-state index contributed by atoms with van der Waals surface area (Å²) in [5.41, 5.74) is 6.50. The lowest BCUT2D eigenvalue weighted by atomic mass is 10.3. The fourth-order valence-electron chi connectivity index (χ4n) is 3.18. The number of hydrogen-bond donors (Lipinski definition) is 2. The number of halogens is 3. The molecule has 2 heterocycles. The summed E-state index contributed by atoms with van der Waals surface area (Å²) in [5, 5.41) is 2.32. The minimum Gasteiger partial charge on any atom is -0.462 e.